The molecule has 0 aliphatic rings. The molecule has 5 heteroatoms. The molecule has 0 fully saturated rings. The van der Waals surface area contributed by atoms with Gasteiger partial charge in [0, 0.05) is 16.7 Å². The highest BCUT2D eigenvalue weighted by molar-refractivity contribution is 7.98. The molecule has 116 valence electrons. The Balaban J connectivity index is 2.10. The van der Waals surface area contributed by atoms with Crippen LogP contribution >= 0.6 is 11.8 Å². The molecule has 0 unspecified atom stereocenters. The highest BCUT2D eigenvalue weighted by atomic mass is 32.2. The first kappa shape index (κ1) is 15.4. The zero-order valence-corrected chi connectivity index (χ0v) is 13.8. The highest BCUT2D eigenvalue weighted by Gasteiger charge is 2.14. The molecule has 0 bridgehead atoms. The van der Waals surface area contributed by atoms with Gasteiger partial charge in [0.15, 0.2) is 0 Å². The van der Waals surface area contributed by atoms with Gasteiger partial charge in [-0.15, -0.1) is 11.8 Å². The molecule has 0 saturated carbocycles. The number of aromatic nitrogens is 2. The van der Waals surface area contributed by atoms with E-state index in [1.165, 1.54) is 0 Å². The predicted octanol–water partition coefficient (Wildman–Crippen LogP) is 4.12. The molecule has 3 aromatic rings. The summed E-state index contributed by atoms with van der Waals surface area (Å²) in [7, 11) is 1.65. The number of methoxy groups -OCH3 is 1. The van der Waals surface area contributed by atoms with Gasteiger partial charge in [0.25, 0.3) is 0 Å². The van der Waals surface area contributed by atoms with Gasteiger partial charge in [-0.1, -0.05) is 18.2 Å². The molecular formula is C18H17N3OS. The van der Waals surface area contributed by atoms with Crippen LogP contribution in [0.3, 0.4) is 0 Å². The number of benzene rings is 1. The minimum atomic E-state index is 0.502. The van der Waals surface area contributed by atoms with Crippen LogP contribution in [0.2, 0.25) is 0 Å². The summed E-state index contributed by atoms with van der Waals surface area (Å²) < 4.78 is 5.21. The lowest BCUT2D eigenvalue weighted by molar-refractivity contribution is 0.415. The van der Waals surface area contributed by atoms with Crippen molar-refractivity contribution in [3.63, 3.8) is 0 Å². The molecule has 4 nitrogen and oxygen atoms in total. The van der Waals surface area contributed by atoms with Crippen molar-refractivity contribution in [1.29, 1.82) is 0 Å². The van der Waals surface area contributed by atoms with Crippen LogP contribution in [-0.4, -0.2) is 23.3 Å². The van der Waals surface area contributed by atoms with Crippen molar-refractivity contribution in [1.82, 2.24) is 9.97 Å². The van der Waals surface area contributed by atoms with Crippen molar-refractivity contribution in [2.45, 2.75) is 4.90 Å². The fourth-order valence-electron chi connectivity index (χ4n) is 2.39. The molecule has 2 aromatic heterocycles. The zero-order chi connectivity index (χ0) is 16.2. The normalized spacial score (nSPS) is 10.5. The summed E-state index contributed by atoms with van der Waals surface area (Å²) in [6.07, 6.45) is 3.79. The van der Waals surface area contributed by atoms with Crippen LogP contribution in [0.5, 0.6) is 5.75 Å². The second kappa shape index (κ2) is 6.71. The molecule has 3 rings (SSSR count). The molecule has 0 atom stereocenters. The van der Waals surface area contributed by atoms with Gasteiger partial charge in [-0.05, 0) is 42.2 Å². The first-order valence-electron chi connectivity index (χ1n) is 7.13. The monoisotopic (exact) mass is 323 g/mol. The number of nitrogens with zero attached hydrogens (tertiary/aromatic N) is 2. The summed E-state index contributed by atoms with van der Waals surface area (Å²) in [6, 6.07) is 15.6. The summed E-state index contributed by atoms with van der Waals surface area (Å²) in [4.78, 5) is 9.96. The molecule has 0 aliphatic carbocycles. The van der Waals surface area contributed by atoms with Crippen LogP contribution in [0.1, 0.15) is 0 Å². The van der Waals surface area contributed by atoms with Gasteiger partial charge < -0.3 is 10.5 Å². The summed E-state index contributed by atoms with van der Waals surface area (Å²) in [5.41, 5.74) is 9.82. The molecule has 0 saturated heterocycles. The standard InChI is InChI=1S/C18H17N3OS/c1-22-13-8-6-12(7-9-13)17-16(23-2)11-15(21-18(17)19)14-5-3-4-10-20-14/h3-11H,1-2H3,(H2,19,21). The summed E-state index contributed by atoms with van der Waals surface area (Å²) >= 11 is 1.64. The van der Waals surface area contributed by atoms with Gasteiger partial charge in [-0.3, -0.25) is 4.98 Å². The van der Waals surface area contributed by atoms with Gasteiger partial charge >= 0.3 is 0 Å². The van der Waals surface area contributed by atoms with E-state index in [-0.39, 0.29) is 0 Å². The maximum atomic E-state index is 6.25. The molecule has 1 aromatic carbocycles. The van der Waals surface area contributed by atoms with Crippen molar-refractivity contribution in [2.75, 3.05) is 19.1 Å². The second-order valence-corrected chi connectivity index (χ2v) is 5.76. The lowest BCUT2D eigenvalue weighted by Gasteiger charge is -2.13. The minimum absolute atomic E-state index is 0.502. The van der Waals surface area contributed by atoms with Crippen LogP contribution in [0.25, 0.3) is 22.5 Å². The number of pyridine rings is 2. The predicted molar refractivity (Wildman–Crippen MR) is 95.6 cm³/mol. The first-order chi connectivity index (χ1) is 11.2. The summed E-state index contributed by atoms with van der Waals surface area (Å²) in [5.74, 6) is 1.32. The average molecular weight is 323 g/mol. The van der Waals surface area contributed by atoms with E-state index in [4.69, 9.17) is 10.5 Å². The Labute approximate surface area is 139 Å². The average Bonchev–Trinajstić information content (AvgIpc) is 2.62. The zero-order valence-electron chi connectivity index (χ0n) is 13.0. The van der Waals surface area contributed by atoms with Crippen LogP contribution in [-0.2, 0) is 0 Å². The molecule has 0 aliphatic heterocycles. The van der Waals surface area contributed by atoms with Gasteiger partial charge in [0.2, 0.25) is 0 Å². The third-order valence-corrected chi connectivity index (χ3v) is 4.30. The lowest BCUT2D eigenvalue weighted by Crippen LogP contribution is -1.99. The van der Waals surface area contributed by atoms with Crippen LogP contribution < -0.4 is 10.5 Å². The van der Waals surface area contributed by atoms with E-state index in [0.29, 0.717) is 5.82 Å². The first-order valence-corrected chi connectivity index (χ1v) is 8.35. The van der Waals surface area contributed by atoms with E-state index in [1.54, 1.807) is 25.1 Å². The number of nitrogens with two attached hydrogens (primary N) is 1. The van der Waals surface area contributed by atoms with E-state index in [1.807, 2.05) is 54.8 Å². The van der Waals surface area contributed by atoms with Crippen molar-refractivity contribution in [3.05, 3.63) is 54.7 Å². The molecular weight excluding hydrogens is 306 g/mol. The van der Waals surface area contributed by atoms with Crippen molar-refractivity contribution in [3.8, 4) is 28.3 Å². The SMILES string of the molecule is COc1ccc(-c2c(SC)cc(-c3ccccn3)nc2N)cc1. The number of anilines is 1. The van der Waals surface area contributed by atoms with Crippen LogP contribution in [0.15, 0.2) is 59.6 Å². The lowest BCUT2D eigenvalue weighted by atomic mass is 10.1. The minimum Gasteiger partial charge on any atom is -0.497 e. The van der Waals surface area contributed by atoms with E-state index < -0.39 is 0 Å². The van der Waals surface area contributed by atoms with E-state index >= 15 is 0 Å². The number of nitrogen functional groups attached to an aromatic ring is 1. The highest BCUT2D eigenvalue weighted by Crippen LogP contribution is 2.37. The second-order valence-electron chi connectivity index (χ2n) is 4.91. The largest absolute Gasteiger partial charge is 0.497 e. The van der Waals surface area contributed by atoms with Gasteiger partial charge in [-0.25, -0.2) is 4.98 Å². The fraction of sp³-hybridized carbons (Fsp3) is 0.111. The van der Waals surface area contributed by atoms with Crippen LogP contribution in [0, 0.1) is 0 Å². The number of hydrogen-bond donors (Lipinski definition) is 1. The van der Waals surface area contributed by atoms with E-state index in [9.17, 15) is 0 Å². The fourth-order valence-corrected chi connectivity index (χ4v) is 3.05. The Morgan fingerprint density at radius 3 is 2.43 bits per heavy atom. The maximum absolute atomic E-state index is 6.25. The number of hydrogen-bond acceptors (Lipinski definition) is 5. The van der Waals surface area contributed by atoms with Gasteiger partial charge in [0.05, 0.1) is 18.5 Å². The Hall–Kier alpha value is -2.53. The van der Waals surface area contributed by atoms with E-state index in [2.05, 4.69) is 9.97 Å². The van der Waals surface area contributed by atoms with Crippen LogP contribution in [0.4, 0.5) is 5.82 Å². The number of rotatable bonds is 4. The number of thioether (sulfide) groups is 1. The molecule has 0 amide bonds. The number of ether oxygens (including phenoxy) is 1. The Morgan fingerprint density at radius 1 is 1.04 bits per heavy atom. The Kier molecular flexibility index (Phi) is 4.48. The van der Waals surface area contributed by atoms with E-state index in [0.717, 1.165) is 33.2 Å². The summed E-state index contributed by atoms with van der Waals surface area (Å²) in [6.45, 7) is 0. The van der Waals surface area contributed by atoms with Crippen molar-refractivity contribution >= 4 is 17.6 Å². The quantitative estimate of drug-likeness (QED) is 0.732. The topological polar surface area (TPSA) is 61.0 Å². The molecule has 23 heavy (non-hydrogen) atoms. The van der Waals surface area contributed by atoms with Crippen molar-refractivity contribution < 1.29 is 4.74 Å². The molecule has 0 spiro atoms. The molecule has 2 N–H and O–H groups in total. The Morgan fingerprint density at radius 2 is 1.83 bits per heavy atom. The van der Waals surface area contributed by atoms with Crippen molar-refractivity contribution in [2.24, 2.45) is 0 Å². The smallest absolute Gasteiger partial charge is 0.133 e. The summed E-state index contributed by atoms with van der Waals surface area (Å²) in [5, 5.41) is 0. The third-order valence-electron chi connectivity index (χ3n) is 3.54. The maximum Gasteiger partial charge on any atom is 0.133 e. The van der Waals surface area contributed by atoms with Gasteiger partial charge in [-0.2, -0.15) is 0 Å². The van der Waals surface area contributed by atoms with Gasteiger partial charge in [0.1, 0.15) is 11.6 Å². The molecule has 2 heterocycles. The Bertz CT molecular complexity index is 805. The molecule has 0 radical (unpaired) electrons. The third kappa shape index (κ3) is 3.14.